The lowest BCUT2D eigenvalue weighted by Crippen LogP contribution is -2.06. The van der Waals surface area contributed by atoms with Crippen LogP contribution in [0.5, 0.6) is 5.75 Å². The number of hydrogen-bond acceptors (Lipinski definition) is 5. The summed E-state index contributed by atoms with van der Waals surface area (Å²) in [5, 5.41) is 9.32. The van der Waals surface area contributed by atoms with Crippen LogP contribution in [0.15, 0.2) is 55.1 Å². The van der Waals surface area contributed by atoms with E-state index in [4.69, 9.17) is 4.74 Å². The molecule has 0 bridgehead atoms. The van der Waals surface area contributed by atoms with Crippen molar-refractivity contribution < 1.29 is 4.74 Å². The fraction of sp³-hybridized carbons (Fsp3) is 0.158. The van der Waals surface area contributed by atoms with Crippen molar-refractivity contribution in [3.05, 3.63) is 60.7 Å². The van der Waals surface area contributed by atoms with Gasteiger partial charge >= 0.3 is 0 Å². The lowest BCUT2D eigenvalue weighted by Gasteiger charge is -2.12. The molecule has 0 aliphatic heterocycles. The van der Waals surface area contributed by atoms with Crippen LogP contribution in [0.3, 0.4) is 0 Å². The minimum Gasteiger partial charge on any atom is -0.490 e. The summed E-state index contributed by atoms with van der Waals surface area (Å²) in [5.41, 5.74) is 3.11. The van der Waals surface area contributed by atoms with Crippen molar-refractivity contribution in [1.82, 2.24) is 15.0 Å². The Morgan fingerprint density at radius 1 is 1.00 bits per heavy atom. The predicted octanol–water partition coefficient (Wildman–Crippen LogP) is 3.86. The van der Waals surface area contributed by atoms with Crippen LogP contribution in [0.4, 0.5) is 0 Å². The molecule has 5 nitrogen and oxygen atoms in total. The SMILES string of the molecule is CC(C)Oc1ccc(-c2ncc(-c3cccnc3)cn2)cc1C#N. The molecule has 0 saturated heterocycles. The van der Waals surface area contributed by atoms with Gasteiger partial charge < -0.3 is 4.74 Å². The zero-order valence-electron chi connectivity index (χ0n) is 13.5. The molecule has 0 atom stereocenters. The van der Waals surface area contributed by atoms with Gasteiger partial charge in [0.05, 0.1) is 11.7 Å². The molecule has 0 aliphatic carbocycles. The van der Waals surface area contributed by atoms with Gasteiger partial charge in [-0.15, -0.1) is 0 Å². The number of rotatable bonds is 4. The zero-order valence-corrected chi connectivity index (χ0v) is 13.5. The summed E-state index contributed by atoms with van der Waals surface area (Å²) in [6.45, 7) is 3.85. The van der Waals surface area contributed by atoms with Crippen LogP contribution in [0.25, 0.3) is 22.5 Å². The molecule has 3 aromatic rings. The molecule has 0 N–H and O–H groups in total. The molecule has 0 saturated carbocycles. The summed E-state index contributed by atoms with van der Waals surface area (Å²) in [5.74, 6) is 1.14. The Kier molecular flexibility index (Phi) is 4.48. The average Bonchev–Trinajstić information content (AvgIpc) is 2.62. The standard InChI is InChI=1S/C19H16N4O/c1-13(2)24-18-6-5-14(8-16(18)9-20)19-22-11-17(12-23-19)15-4-3-7-21-10-15/h3-8,10-13H,1-2H3. The molecule has 2 heterocycles. The van der Waals surface area contributed by atoms with Gasteiger partial charge in [-0.1, -0.05) is 6.07 Å². The van der Waals surface area contributed by atoms with Crippen LogP contribution in [0.2, 0.25) is 0 Å². The van der Waals surface area contributed by atoms with Gasteiger partial charge in [0.1, 0.15) is 11.8 Å². The third kappa shape index (κ3) is 3.39. The molecule has 0 radical (unpaired) electrons. The minimum absolute atomic E-state index is 0.0120. The van der Waals surface area contributed by atoms with Crippen molar-refractivity contribution >= 4 is 0 Å². The monoisotopic (exact) mass is 316 g/mol. The normalized spacial score (nSPS) is 10.4. The first kappa shape index (κ1) is 15.6. The number of hydrogen-bond donors (Lipinski definition) is 0. The van der Waals surface area contributed by atoms with Crippen molar-refractivity contribution in [2.75, 3.05) is 0 Å². The van der Waals surface area contributed by atoms with E-state index in [0.29, 0.717) is 17.1 Å². The summed E-state index contributed by atoms with van der Waals surface area (Å²) >= 11 is 0. The topological polar surface area (TPSA) is 71.7 Å². The molecule has 1 aromatic carbocycles. The molecule has 0 amide bonds. The van der Waals surface area contributed by atoms with E-state index in [1.807, 2.05) is 32.0 Å². The quantitative estimate of drug-likeness (QED) is 0.730. The average molecular weight is 316 g/mol. The summed E-state index contributed by atoms with van der Waals surface area (Å²) in [4.78, 5) is 12.9. The first-order valence-corrected chi connectivity index (χ1v) is 7.61. The second-order valence-corrected chi connectivity index (χ2v) is 5.53. The van der Waals surface area contributed by atoms with E-state index in [0.717, 1.165) is 16.7 Å². The van der Waals surface area contributed by atoms with Crippen LogP contribution in [-0.4, -0.2) is 21.1 Å². The van der Waals surface area contributed by atoms with Crippen LogP contribution in [0, 0.1) is 11.3 Å². The molecule has 0 spiro atoms. The summed E-state index contributed by atoms with van der Waals surface area (Å²) in [6.07, 6.45) is 7.01. The van der Waals surface area contributed by atoms with Gasteiger partial charge in [-0.25, -0.2) is 9.97 Å². The fourth-order valence-corrected chi connectivity index (χ4v) is 2.27. The van der Waals surface area contributed by atoms with Crippen molar-refractivity contribution in [1.29, 1.82) is 5.26 Å². The maximum absolute atomic E-state index is 9.32. The number of aromatic nitrogens is 3. The summed E-state index contributed by atoms with van der Waals surface area (Å²) in [7, 11) is 0. The highest BCUT2D eigenvalue weighted by Crippen LogP contribution is 2.26. The molecule has 3 rings (SSSR count). The van der Waals surface area contributed by atoms with Crippen molar-refractivity contribution in [2.45, 2.75) is 20.0 Å². The van der Waals surface area contributed by atoms with Crippen molar-refractivity contribution in [3.8, 4) is 34.3 Å². The Bertz CT molecular complexity index is 868. The van der Waals surface area contributed by atoms with E-state index in [2.05, 4.69) is 21.0 Å². The third-order valence-corrected chi connectivity index (χ3v) is 3.37. The molecular formula is C19H16N4O. The van der Waals surface area contributed by atoms with Gasteiger partial charge in [-0.3, -0.25) is 4.98 Å². The maximum atomic E-state index is 9.32. The van der Waals surface area contributed by atoms with Gasteiger partial charge in [0.15, 0.2) is 5.82 Å². The van der Waals surface area contributed by atoms with Crippen molar-refractivity contribution in [3.63, 3.8) is 0 Å². The highest BCUT2D eigenvalue weighted by molar-refractivity contribution is 5.64. The molecular weight excluding hydrogens is 300 g/mol. The largest absolute Gasteiger partial charge is 0.490 e. The number of nitriles is 1. The Morgan fingerprint density at radius 3 is 2.42 bits per heavy atom. The Labute approximate surface area is 140 Å². The number of ether oxygens (including phenoxy) is 1. The van der Waals surface area contributed by atoms with E-state index in [1.165, 1.54) is 0 Å². The van der Waals surface area contributed by atoms with Crippen molar-refractivity contribution in [2.24, 2.45) is 0 Å². The summed E-state index contributed by atoms with van der Waals surface area (Å²) in [6, 6.07) is 11.4. The van der Waals surface area contributed by atoms with Crippen LogP contribution < -0.4 is 4.74 Å². The Balaban J connectivity index is 1.91. The fourth-order valence-electron chi connectivity index (χ4n) is 2.27. The molecule has 5 heteroatoms. The Morgan fingerprint density at radius 2 is 1.79 bits per heavy atom. The smallest absolute Gasteiger partial charge is 0.159 e. The van der Waals surface area contributed by atoms with Gasteiger partial charge in [0, 0.05) is 41.5 Å². The van der Waals surface area contributed by atoms with E-state index in [9.17, 15) is 5.26 Å². The second-order valence-electron chi connectivity index (χ2n) is 5.53. The maximum Gasteiger partial charge on any atom is 0.159 e. The van der Waals surface area contributed by atoms with Gasteiger partial charge in [0.2, 0.25) is 0 Å². The lowest BCUT2D eigenvalue weighted by molar-refractivity contribution is 0.242. The first-order chi connectivity index (χ1) is 11.7. The minimum atomic E-state index is 0.0120. The number of pyridine rings is 1. The molecule has 0 unspecified atom stereocenters. The number of nitrogens with zero attached hydrogens (tertiary/aromatic N) is 4. The van der Waals surface area contributed by atoms with E-state index >= 15 is 0 Å². The predicted molar refractivity (Wildman–Crippen MR) is 91.2 cm³/mol. The van der Waals surface area contributed by atoms with Crippen LogP contribution >= 0.6 is 0 Å². The first-order valence-electron chi connectivity index (χ1n) is 7.61. The second kappa shape index (κ2) is 6.88. The zero-order chi connectivity index (χ0) is 16.9. The lowest BCUT2D eigenvalue weighted by atomic mass is 10.1. The van der Waals surface area contributed by atoms with Gasteiger partial charge in [-0.05, 0) is 38.1 Å². The molecule has 118 valence electrons. The van der Waals surface area contributed by atoms with E-state index < -0.39 is 0 Å². The molecule has 2 aromatic heterocycles. The van der Waals surface area contributed by atoms with Gasteiger partial charge in [0.25, 0.3) is 0 Å². The summed E-state index contributed by atoms with van der Waals surface area (Å²) < 4.78 is 5.63. The highest BCUT2D eigenvalue weighted by Gasteiger charge is 2.10. The van der Waals surface area contributed by atoms with Gasteiger partial charge in [-0.2, -0.15) is 5.26 Å². The van der Waals surface area contributed by atoms with E-state index in [1.54, 1.807) is 36.9 Å². The number of benzene rings is 1. The highest BCUT2D eigenvalue weighted by atomic mass is 16.5. The molecule has 24 heavy (non-hydrogen) atoms. The van der Waals surface area contributed by atoms with Crippen LogP contribution in [-0.2, 0) is 0 Å². The molecule has 0 fully saturated rings. The Hall–Kier alpha value is -3.26. The third-order valence-electron chi connectivity index (χ3n) is 3.37. The molecule has 0 aliphatic rings. The van der Waals surface area contributed by atoms with Crippen LogP contribution in [0.1, 0.15) is 19.4 Å². The van der Waals surface area contributed by atoms with E-state index in [-0.39, 0.29) is 6.10 Å².